The molecule has 2 aliphatic heterocycles. The first-order valence-corrected chi connectivity index (χ1v) is 8.03. The van der Waals surface area contributed by atoms with Crippen molar-refractivity contribution in [2.45, 2.75) is 38.8 Å². The van der Waals surface area contributed by atoms with Crippen molar-refractivity contribution in [2.24, 2.45) is 4.99 Å². The molecule has 5 heteroatoms. The van der Waals surface area contributed by atoms with Crippen LogP contribution in [-0.4, -0.2) is 26.4 Å². The molecule has 1 N–H and O–H groups in total. The van der Waals surface area contributed by atoms with Gasteiger partial charge in [0.2, 0.25) is 0 Å². The zero-order valence-corrected chi connectivity index (χ0v) is 14.2. The number of fused-ring (bicyclic) bond motifs is 2. The zero-order valence-electron chi connectivity index (χ0n) is 14.2. The molecule has 0 aliphatic carbocycles. The first-order valence-electron chi connectivity index (χ1n) is 8.03. The molecule has 0 aromatic heterocycles. The number of hydroxylamine groups is 4. The average molecular weight is 322 g/mol. The lowest BCUT2D eigenvalue weighted by Crippen LogP contribution is -2.52. The molecule has 24 heavy (non-hydrogen) atoms. The van der Waals surface area contributed by atoms with Crippen LogP contribution in [0.1, 0.15) is 27.7 Å². The van der Waals surface area contributed by atoms with E-state index in [4.69, 9.17) is 0 Å². The van der Waals surface area contributed by atoms with Gasteiger partial charge in [-0.3, -0.25) is 5.21 Å². The lowest BCUT2D eigenvalue weighted by atomic mass is 9.84. The topological polar surface area (TPSA) is 59.0 Å². The van der Waals surface area contributed by atoms with E-state index in [1.807, 2.05) is 58.0 Å². The Morgan fingerprint density at radius 3 is 2.21 bits per heavy atom. The zero-order chi connectivity index (χ0) is 17.3. The van der Waals surface area contributed by atoms with Crippen molar-refractivity contribution in [2.75, 3.05) is 0 Å². The molecular weight excluding hydrogens is 302 g/mol. The summed E-state index contributed by atoms with van der Waals surface area (Å²) >= 11 is 0. The Morgan fingerprint density at radius 2 is 1.62 bits per heavy atom. The largest absolute Gasteiger partial charge is 0.286 e. The molecule has 4 rings (SSSR count). The minimum Gasteiger partial charge on any atom is -0.286 e. The van der Waals surface area contributed by atoms with Crippen molar-refractivity contribution in [3.8, 4) is 0 Å². The molecule has 0 amide bonds. The van der Waals surface area contributed by atoms with Gasteiger partial charge in [-0.2, -0.15) is 5.06 Å². The summed E-state index contributed by atoms with van der Waals surface area (Å²) in [5, 5.41) is 29.3. The van der Waals surface area contributed by atoms with Crippen LogP contribution in [0.25, 0.3) is 16.8 Å². The number of benzene rings is 2. The molecule has 0 saturated carbocycles. The van der Waals surface area contributed by atoms with E-state index in [-0.39, 0.29) is 5.82 Å². The normalized spacial score (nSPS) is 24.1. The third-order valence-corrected chi connectivity index (χ3v) is 5.58. The van der Waals surface area contributed by atoms with E-state index in [2.05, 4.69) is 17.1 Å². The van der Waals surface area contributed by atoms with E-state index >= 15 is 0 Å². The Morgan fingerprint density at radius 1 is 1.00 bits per heavy atom. The molecule has 0 unspecified atom stereocenters. The monoisotopic (exact) mass is 322 g/mol. The molecule has 5 nitrogen and oxygen atoms in total. The number of rotatable bonds is 0. The van der Waals surface area contributed by atoms with Crippen LogP contribution in [0.5, 0.6) is 0 Å². The number of allylic oxidation sites excluding steroid dienone is 1. The highest BCUT2D eigenvalue weighted by Gasteiger charge is 2.57. The first kappa shape index (κ1) is 15.2. The van der Waals surface area contributed by atoms with Gasteiger partial charge in [-0.15, -0.1) is 0 Å². The van der Waals surface area contributed by atoms with E-state index < -0.39 is 11.1 Å². The van der Waals surface area contributed by atoms with Crippen molar-refractivity contribution < 1.29 is 10.4 Å². The van der Waals surface area contributed by atoms with Crippen molar-refractivity contribution in [1.29, 1.82) is 0 Å². The Balaban J connectivity index is 1.96. The third-order valence-electron chi connectivity index (χ3n) is 5.58. The summed E-state index contributed by atoms with van der Waals surface area (Å²) in [6, 6.07) is 12.1. The Kier molecular flexibility index (Phi) is 2.90. The first-order chi connectivity index (χ1) is 11.2. The molecule has 1 radical (unpaired) electrons. The number of hydrogen-bond acceptors (Lipinski definition) is 4. The summed E-state index contributed by atoms with van der Waals surface area (Å²) in [7, 11) is 0. The summed E-state index contributed by atoms with van der Waals surface area (Å²) in [5.41, 5.74) is -0.996. The number of nitrogens with zero attached hydrogens (tertiary/aromatic N) is 3. The van der Waals surface area contributed by atoms with Gasteiger partial charge in [0.05, 0.1) is 16.4 Å². The fraction of sp³-hybridized carbons (Fsp3) is 0.316. The fourth-order valence-corrected chi connectivity index (χ4v) is 3.22. The van der Waals surface area contributed by atoms with Crippen LogP contribution in [0.15, 0.2) is 52.9 Å². The van der Waals surface area contributed by atoms with E-state index in [1.54, 1.807) is 0 Å². The highest BCUT2D eigenvalue weighted by Crippen LogP contribution is 2.44. The lowest BCUT2D eigenvalue weighted by Gasteiger charge is -2.36. The van der Waals surface area contributed by atoms with Crippen LogP contribution in [-0.2, 0) is 5.21 Å². The highest BCUT2D eigenvalue weighted by molar-refractivity contribution is 5.83. The minimum atomic E-state index is -0.771. The van der Waals surface area contributed by atoms with Gasteiger partial charge in [0, 0.05) is 5.22 Å². The van der Waals surface area contributed by atoms with Crippen molar-refractivity contribution in [3.63, 3.8) is 0 Å². The summed E-state index contributed by atoms with van der Waals surface area (Å²) in [6.45, 7) is 7.35. The van der Waals surface area contributed by atoms with Gasteiger partial charge < -0.3 is 0 Å². The summed E-state index contributed by atoms with van der Waals surface area (Å²) in [5.74, 6) is 0.199. The summed E-state index contributed by atoms with van der Waals surface area (Å²) < 4.78 is 0. The predicted octanol–water partition coefficient (Wildman–Crippen LogP) is 2.33. The number of hydrogen-bond donors (Lipinski definition) is 1. The highest BCUT2D eigenvalue weighted by atomic mass is 16.6. The standard InChI is InChI=1S/C19H20N3O2/c1-18(2)19(3,4)22(24)17(21(18)23)16-11-14-9-12-7-5-6-8-13(12)10-15(14)20-16/h5-11,23H,1-4H3/b17-16+. The lowest BCUT2D eigenvalue weighted by molar-refractivity contribution is -0.181. The van der Waals surface area contributed by atoms with E-state index in [9.17, 15) is 10.4 Å². The Labute approximate surface area is 140 Å². The van der Waals surface area contributed by atoms with Crippen molar-refractivity contribution >= 4 is 16.8 Å². The molecule has 2 aliphatic rings. The third kappa shape index (κ3) is 1.79. The van der Waals surface area contributed by atoms with Crippen LogP contribution in [0, 0.1) is 0 Å². The van der Waals surface area contributed by atoms with Gasteiger partial charge in [-0.1, -0.05) is 29.5 Å². The molecule has 1 saturated heterocycles. The molecule has 2 aromatic carbocycles. The van der Waals surface area contributed by atoms with Gasteiger partial charge in [-0.25, -0.2) is 10.1 Å². The van der Waals surface area contributed by atoms with Crippen LogP contribution >= 0.6 is 0 Å². The van der Waals surface area contributed by atoms with Gasteiger partial charge in [-0.05, 0) is 56.7 Å². The Hall–Kier alpha value is -2.37. The quantitative estimate of drug-likeness (QED) is 0.810. The van der Waals surface area contributed by atoms with E-state index in [0.717, 1.165) is 31.5 Å². The molecule has 123 valence electrons. The second-order valence-electron chi connectivity index (χ2n) is 7.45. The maximum atomic E-state index is 12.8. The molecule has 0 spiro atoms. The molecular formula is C19H20N3O2. The molecule has 0 bridgehead atoms. The molecule has 0 atom stereocenters. The Bertz CT molecular complexity index is 926. The molecule has 2 aromatic rings. The molecule has 1 fully saturated rings. The minimum absolute atomic E-state index is 0.199. The van der Waals surface area contributed by atoms with Crippen LogP contribution in [0.2, 0.25) is 0 Å². The average Bonchev–Trinajstić information content (AvgIpc) is 2.98. The maximum Gasteiger partial charge on any atom is 0.183 e. The van der Waals surface area contributed by atoms with E-state index in [1.165, 1.54) is 0 Å². The van der Waals surface area contributed by atoms with E-state index in [0.29, 0.717) is 5.70 Å². The summed E-state index contributed by atoms with van der Waals surface area (Å²) in [6.07, 6.45) is 1.86. The van der Waals surface area contributed by atoms with Gasteiger partial charge in [0.25, 0.3) is 0 Å². The van der Waals surface area contributed by atoms with Gasteiger partial charge in [0.1, 0.15) is 5.70 Å². The second kappa shape index (κ2) is 4.59. The fourth-order valence-electron chi connectivity index (χ4n) is 3.22. The van der Waals surface area contributed by atoms with Crippen LogP contribution in [0.4, 0.5) is 0 Å². The smallest absolute Gasteiger partial charge is 0.183 e. The predicted molar refractivity (Wildman–Crippen MR) is 90.5 cm³/mol. The molecule has 2 heterocycles. The summed E-state index contributed by atoms with van der Waals surface area (Å²) in [4.78, 5) is 4.60. The van der Waals surface area contributed by atoms with Crippen LogP contribution in [0.3, 0.4) is 0 Å². The SMILES string of the molecule is CC1(C)N([O])/C(=C2\C=c3cc4ccccc4cc3=N2)N(O)C1(C)C. The maximum absolute atomic E-state index is 12.8. The van der Waals surface area contributed by atoms with Gasteiger partial charge in [0.15, 0.2) is 5.82 Å². The van der Waals surface area contributed by atoms with Gasteiger partial charge >= 0.3 is 0 Å². The second-order valence-corrected chi connectivity index (χ2v) is 7.45. The van der Waals surface area contributed by atoms with Crippen molar-refractivity contribution in [1.82, 2.24) is 10.1 Å². The van der Waals surface area contributed by atoms with Crippen LogP contribution < -0.4 is 10.6 Å². The van der Waals surface area contributed by atoms with Crippen molar-refractivity contribution in [3.05, 3.63) is 58.5 Å².